The molecule has 3 aromatic rings. The third-order valence-corrected chi connectivity index (χ3v) is 4.87. The normalized spacial score (nSPS) is 18.6. The number of aromatic nitrogens is 1. The van der Waals surface area contributed by atoms with Gasteiger partial charge < -0.3 is 14.8 Å². The Kier molecular flexibility index (Phi) is 4.01. The van der Waals surface area contributed by atoms with Crippen molar-refractivity contribution in [2.45, 2.75) is 6.04 Å². The predicted octanol–water partition coefficient (Wildman–Crippen LogP) is 3.44. The van der Waals surface area contributed by atoms with Gasteiger partial charge in [0.2, 0.25) is 0 Å². The number of nitrogens with zero attached hydrogens (tertiary/aromatic N) is 2. The number of nitrogens with one attached hydrogen (secondary N) is 1. The van der Waals surface area contributed by atoms with Gasteiger partial charge in [-0.05, 0) is 30.8 Å². The van der Waals surface area contributed by atoms with Crippen LogP contribution < -0.4 is 0 Å². The van der Waals surface area contributed by atoms with Crippen LogP contribution in [-0.2, 0) is 0 Å². The molecule has 1 N–H and O–H groups in total. The summed E-state index contributed by atoms with van der Waals surface area (Å²) in [6, 6.07) is 16.5. The average Bonchev–Trinajstić information content (AvgIpc) is 3.07. The summed E-state index contributed by atoms with van der Waals surface area (Å²) in [5.74, 6) is -0.400. The fourth-order valence-electron chi connectivity index (χ4n) is 3.51. The zero-order valence-electron chi connectivity index (χ0n) is 14.1. The van der Waals surface area contributed by atoms with Gasteiger partial charge >= 0.3 is 0 Å². The van der Waals surface area contributed by atoms with Crippen molar-refractivity contribution in [3.63, 3.8) is 0 Å². The lowest BCUT2D eigenvalue weighted by atomic mass is 10.0. The van der Waals surface area contributed by atoms with E-state index in [9.17, 15) is 9.18 Å². The average molecular weight is 337 g/mol. The van der Waals surface area contributed by atoms with E-state index in [-0.39, 0.29) is 17.8 Å². The van der Waals surface area contributed by atoms with Crippen molar-refractivity contribution >= 4 is 16.8 Å². The molecule has 0 radical (unpaired) electrons. The second kappa shape index (κ2) is 6.33. The summed E-state index contributed by atoms with van der Waals surface area (Å²) in [4.78, 5) is 20.3. The summed E-state index contributed by atoms with van der Waals surface area (Å²) >= 11 is 0. The minimum Gasteiger partial charge on any atom is -0.350 e. The summed E-state index contributed by atoms with van der Waals surface area (Å²) in [5, 5.41) is 0.455. The Morgan fingerprint density at radius 1 is 1.12 bits per heavy atom. The van der Waals surface area contributed by atoms with Gasteiger partial charge in [0.05, 0.1) is 6.04 Å². The van der Waals surface area contributed by atoms with Gasteiger partial charge in [-0.15, -0.1) is 0 Å². The standard InChI is InChI=1S/C20H20FN3O/c1-23-10-11-24(19(13-23)14-6-3-2-4-7-14)20(25)18-12-15-16(21)8-5-9-17(15)22-18/h2-9,12,19,22H,10-11,13H2,1H3. The molecule has 1 fully saturated rings. The van der Waals surface area contributed by atoms with Crippen molar-refractivity contribution in [2.75, 3.05) is 26.7 Å². The molecule has 1 saturated heterocycles. The predicted molar refractivity (Wildman–Crippen MR) is 96.0 cm³/mol. The van der Waals surface area contributed by atoms with E-state index < -0.39 is 0 Å². The highest BCUT2D eigenvalue weighted by atomic mass is 19.1. The zero-order valence-corrected chi connectivity index (χ0v) is 14.1. The Hall–Kier alpha value is -2.66. The molecule has 1 aliphatic heterocycles. The molecule has 0 spiro atoms. The van der Waals surface area contributed by atoms with Crippen molar-refractivity contribution in [1.82, 2.24) is 14.8 Å². The number of carbonyl (C=O) groups excluding carboxylic acids is 1. The Morgan fingerprint density at radius 2 is 1.92 bits per heavy atom. The third-order valence-electron chi connectivity index (χ3n) is 4.87. The fraction of sp³-hybridized carbons (Fsp3) is 0.250. The van der Waals surface area contributed by atoms with E-state index in [0.717, 1.165) is 18.7 Å². The molecule has 25 heavy (non-hydrogen) atoms. The summed E-state index contributed by atoms with van der Waals surface area (Å²) in [7, 11) is 2.07. The van der Waals surface area contributed by atoms with Crippen LogP contribution in [0.5, 0.6) is 0 Å². The van der Waals surface area contributed by atoms with Gasteiger partial charge in [-0.25, -0.2) is 4.39 Å². The molecular weight excluding hydrogens is 317 g/mol. The maximum atomic E-state index is 13.9. The van der Waals surface area contributed by atoms with Crippen LogP contribution in [0.4, 0.5) is 4.39 Å². The molecule has 1 atom stereocenters. The van der Waals surface area contributed by atoms with Gasteiger partial charge in [0.25, 0.3) is 5.91 Å². The summed E-state index contributed by atoms with van der Waals surface area (Å²) in [6.45, 7) is 2.25. The van der Waals surface area contributed by atoms with E-state index in [1.807, 2.05) is 23.1 Å². The molecule has 4 rings (SSSR count). The first-order chi connectivity index (χ1) is 12.1. The van der Waals surface area contributed by atoms with E-state index in [4.69, 9.17) is 0 Å². The number of H-pyrrole nitrogens is 1. The molecular formula is C20H20FN3O. The molecule has 128 valence electrons. The number of piperazine rings is 1. The number of amides is 1. The van der Waals surface area contributed by atoms with Crippen LogP contribution in [-0.4, -0.2) is 47.4 Å². The molecule has 4 nitrogen and oxygen atoms in total. The number of halogens is 1. The number of hydrogen-bond donors (Lipinski definition) is 1. The van der Waals surface area contributed by atoms with Crippen LogP contribution in [0.3, 0.4) is 0 Å². The number of fused-ring (bicyclic) bond motifs is 1. The van der Waals surface area contributed by atoms with Gasteiger partial charge in [-0.1, -0.05) is 36.4 Å². The monoisotopic (exact) mass is 337 g/mol. The molecule has 1 aromatic heterocycles. The van der Waals surface area contributed by atoms with Gasteiger partial charge in [0.15, 0.2) is 0 Å². The Balaban J connectivity index is 1.70. The molecule has 1 amide bonds. The second-order valence-corrected chi connectivity index (χ2v) is 6.57. The van der Waals surface area contributed by atoms with Crippen LogP contribution >= 0.6 is 0 Å². The summed E-state index contributed by atoms with van der Waals surface area (Å²) < 4.78 is 13.9. The van der Waals surface area contributed by atoms with Crippen LogP contribution in [0.25, 0.3) is 10.9 Å². The van der Waals surface area contributed by atoms with E-state index in [1.165, 1.54) is 6.07 Å². The fourth-order valence-corrected chi connectivity index (χ4v) is 3.51. The lowest BCUT2D eigenvalue weighted by Gasteiger charge is -2.40. The first-order valence-corrected chi connectivity index (χ1v) is 8.45. The molecule has 0 bridgehead atoms. The summed E-state index contributed by atoms with van der Waals surface area (Å²) in [5.41, 5.74) is 2.20. The van der Waals surface area contributed by atoms with Crippen molar-refractivity contribution in [2.24, 2.45) is 0 Å². The number of hydrogen-bond acceptors (Lipinski definition) is 2. The Morgan fingerprint density at radius 3 is 2.68 bits per heavy atom. The lowest BCUT2D eigenvalue weighted by molar-refractivity contribution is 0.0493. The smallest absolute Gasteiger partial charge is 0.270 e. The quantitative estimate of drug-likeness (QED) is 0.778. The van der Waals surface area contributed by atoms with Gasteiger partial charge in [-0.2, -0.15) is 0 Å². The highest BCUT2D eigenvalue weighted by molar-refractivity contribution is 5.98. The molecule has 0 saturated carbocycles. The minimum absolute atomic E-state index is 0.0105. The molecule has 2 heterocycles. The first-order valence-electron chi connectivity index (χ1n) is 8.45. The lowest BCUT2D eigenvalue weighted by Crippen LogP contribution is -2.49. The van der Waals surface area contributed by atoms with Crippen LogP contribution in [0.2, 0.25) is 0 Å². The minimum atomic E-state index is -0.314. The highest BCUT2D eigenvalue weighted by Crippen LogP contribution is 2.27. The first kappa shape index (κ1) is 15.8. The molecule has 5 heteroatoms. The third kappa shape index (κ3) is 2.91. The molecule has 2 aromatic carbocycles. The van der Waals surface area contributed by atoms with E-state index in [0.29, 0.717) is 23.1 Å². The maximum absolute atomic E-state index is 13.9. The van der Waals surface area contributed by atoms with Crippen LogP contribution in [0.15, 0.2) is 54.6 Å². The topological polar surface area (TPSA) is 39.3 Å². The van der Waals surface area contributed by atoms with Crippen molar-refractivity contribution in [3.05, 3.63) is 71.7 Å². The van der Waals surface area contributed by atoms with Crippen molar-refractivity contribution < 1.29 is 9.18 Å². The molecule has 1 aliphatic rings. The van der Waals surface area contributed by atoms with Crippen LogP contribution in [0, 0.1) is 5.82 Å². The Bertz CT molecular complexity index is 906. The SMILES string of the molecule is CN1CCN(C(=O)c2cc3c(F)cccc3[nH]2)C(c2ccccc2)C1. The van der Waals surface area contributed by atoms with Crippen molar-refractivity contribution in [3.8, 4) is 0 Å². The van der Waals surface area contributed by atoms with Gasteiger partial charge in [0, 0.05) is 30.5 Å². The maximum Gasteiger partial charge on any atom is 0.270 e. The largest absolute Gasteiger partial charge is 0.350 e. The van der Waals surface area contributed by atoms with E-state index in [2.05, 4.69) is 29.1 Å². The zero-order chi connectivity index (χ0) is 17.4. The van der Waals surface area contributed by atoms with E-state index in [1.54, 1.807) is 18.2 Å². The highest BCUT2D eigenvalue weighted by Gasteiger charge is 2.31. The molecule has 0 aliphatic carbocycles. The second-order valence-electron chi connectivity index (χ2n) is 6.57. The number of carbonyl (C=O) groups is 1. The molecule has 1 unspecified atom stereocenters. The number of benzene rings is 2. The number of aromatic amines is 1. The number of rotatable bonds is 2. The summed E-state index contributed by atoms with van der Waals surface area (Å²) in [6.07, 6.45) is 0. The van der Waals surface area contributed by atoms with Crippen LogP contribution in [0.1, 0.15) is 22.1 Å². The van der Waals surface area contributed by atoms with E-state index >= 15 is 0 Å². The van der Waals surface area contributed by atoms with Gasteiger partial charge in [-0.3, -0.25) is 4.79 Å². The van der Waals surface area contributed by atoms with Gasteiger partial charge in [0.1, 0.15) is 11.5 Å². The number of likely N-dealkylation sites (N-methyl/N-ethyl adjacent to an activating group) is 1. The Labute approximate surface area is 145 Å². The van der Waals surface area contributed by atoms with Crippen molar-refractivity contribution in [1.29, 1.82) is 0 Å².